The van der Waals surface area contributed by atoms with Gasteiger partial charge in [0.2, 0.25) is 5.91 Å². The van der Waals surface area contributed by atoms with E-state index in [1.807, 2.05) is 20.2 Å². The molecule has 5 heteroatoms. The van der Waals surface area contributed by atoms with Crippen LogP contribution >= 0.6 is 11.3 Å². The second-order valence-corrected chi connectivity index (χ2v) is 7.21. The summed E-state index contributed by atoms with van der Waals surface area (Å²) in [5.74, 6) is 0.964. The summed E-state index contributed by atoms with van der Waals surface area (Å²) < 4.78 is 0. The summed E-state index contributed by atoms with van der Waals surface area (Å²) in [5, 5.41) is 5.13. The number of nitrogens with zero attached hydrogens (tertiary/aromatic N) is 1. The average Bonchev–Trinajstić information content (AvgIpc) is 2.91. The van der Waals surface area contributed by atoms with Crippen LogP contribution in [0.2, 0.25) is 0 Å². The Hall–Kier alpha value is -0.910. The van der Waals surface area contributed by atoms with Gasteiger partial charge in [-0.3, -0.25) is 4.79 Å². The summed E-state index contributed by atoms with van der Waals surface area (Å²) >= 11 is 1.72. The summed E-state index contributed by atoms with van der Waals surface area (Å²) in [6, 6.07) is 4.39. The number of likely N-dealkylation sites (N-methyl/N-ethyl adjacent to an activating group) is 1. The van der Waals surface area contributed by atoms with Crippen LogP contribution in [0.3, 0.4) is 0 Å². The van der Waals surface area contributed by atoms with E-state index >= 15 is 0 Å². The molecule has 21 heavy (non-hydrogen) atoms. The first-order valence-corrected chi connectivity index (χ1v) is 8.48. The molecule has 0 bridgehead atoms. The maximum atomic E-state index is 12.1. The topological polar surface area (TPSA) is 58.4 Å². The zero-order chi connectivity index (χ0) is 15.8. The molecular formula is C16H29N3OS. The highest BCUT2D eigenvalue weighted by Crippen LogP contribution is 2.22. The molecule has 0 aliphatic carbocycles. The minimum atomic E-state index is 0.106. The maximum Gasteiger partial charge on any atom is 0.220 e. The van der Waals surface area contributed by atoms with E-state index in [4.69, 9.17) is 5.73 Å². The SMILES string of the molecule is CC(C)C[C@H](CN)CC(=O)NCC(c1cccs1)N(C)C. The number of hydrogen-bond acceptors (Lipinski definition) is 4. The molecular weight excluding hydrogens is 282 g/mol. The van der Waals surface area contributed by atoms with Gasteiger partial charge in [-0.2, -0.15) is 0 Å². The maximum absolute atomic E-state index is 12.1. The Morgan fingerprint density at radius 1 is 1.43 bits per heavy atom. The zero-order valence-corrected chi connectivity index (χ0v) is 14.5. The Morgan fingerprint density at radius 3 is 2.62 bits per heavy atom. The molecule has 0 saturated carbocycles. The van der Waals surface area contributed by atoms with Crippen molar-refractivity contribution in [1.29, 1.82) is 0 Å². The van der Waals surface area contributed by atoms with Crippen molar-refractivity contribution < 1.29 is 4.79 Å². The molecule has 0 aromatic carbocycles. The number of rotatable bonds is 9. The molecule has 3 N–H and O–H groups in total. The predicted molar refractivity (Wildman–Crippen MR) is 90.4 cm³/mol. The number of thiophene rings is 1. The van der Waals surface area contributed by atoms with Gasteiger partial charge in [0.25, 0.3) is 0 Å². The van der Waals surface area contributed by atoms with Gasteiger partial charge in [0.1, 0.15) is 0 Å². The summed E-state index contributed by atoms with van der Waals surface area (Å²) in [4.78, 5) is 15.5. The van der Waals surface area contributed by atoms with E-state index in [-0.39, 0.29) is 17.9 Å². The van der Waals surface area contributed by atoms with Crippen molar-refractivity contribution in [1.82, 2.24) is 10.2 Å². The normalized spacial score (nSPS) is 14.4. The summed E-state index contributed by atoms with van der Waals surface area (Å²) in [7, 11) is 4.08. The van der Waals surface area contributed by atoms with Crippen LogP contribution in [-0.2, 0) is 4.79 Å². The Morgan fingerprint density at radius 2 is 2.14 bits per heavy atom. The molecule has 1 unspecified atom stereocenters. The van der Waals surface area contributed by atoms with Crippen LogP contribution in [0.1, 0.15) is 37.6 Å². The Bertz CT molecular complexity index is 404. The van der Waals surface area contributed by atoms with E-state index in [1.54, 1.807) is 11.3 Å². The standard InChI is InChI=1S/C16H29N3OS/c1-12(2)8-13(10-17)9-16(20)18-11-14(19(3)4)15-6-5-7-21-15/h5-7,12-14H,8-11,17H2,1-4H3,(H,18,20)/t13-,14?/m0/s1. The van der Waals surface area contributed by atoms with Crippen molar-refractivity contribution in [3.05, 3.63) is 22.4 Å². The smallest absolute Gasteiger partial charge is 0.220 e. The molecule has 0 aliphatic heterocycles. The third-order valence-corrected chi connectivity index (χ3v) is 4.57. The molecule has 1 heterocycles. The Labute approximate surface area is 132 Å². The summed E-state index contributed by atoms with van der Waals surface area (Å²) in [6.45, 7) is 5.55. The van der Waals surface area contributed by atoms with Crippen molar-refractivity contribution in [2.45, 2.75) is 32.7 Å². The van der Waals surface area contributed by atoms with Gasteiger partial charge in [0.15, 0.2) is 0 Å². The largest absolute Gasteiger partial charge is 0.354 e. The predicted octanol–water partition coefficient (Wildman–Crippen LogP) is 2.48. The quantitative estimate of drug-likeness (QED) is 0.736. The second-order valence-electron chi connectivity index (χ2n) is 6.23. The fourth-order valence-corrected chi connectivity index (χ4v) is 3.42. The van der Waals surface area contributed by atoms with Crippen molar-refractivity contribution in [3.8, 4) is 0 Å². The van der Waals surface area contributed by atoms with Crippen LogP contribution in [0.25, 0.3) is 0 Å². The van der Waals surface area contributed by atoms with Crippen LogP contribution in [0.15, 0.2) is 17.5 Å². The first-order chi connectivity index (χ1) is 9.93. The van der Waals surface area contributed by atoms with Gasteiger partial charge in [-0.05, 0) is 50.3 Å². The molecule has 120 valence electrons. The van der Waals surface area contributed by atoms with Crippen LogP contribution in [0.4, 0.5) is 0 Å². The highest BCUT2D eigenvalue weighted by molar-refractivity contribution is 7.10. The summed E-state index contributed by atoms with van der Waals surface area (Å²) in [6.07, 6.45) is 1.53. The molecule has 1 amide bonds. The van der Waals surface area contributed by atoms with Crippen LogP contribution in [0, 0.1) is 11.8 Å². The van der Waals surface area contributed by atoms with Gasteiger partial charge in [0.05, 0.1) is 6.04 Å². The number of carbonyl (C=O) groups excluding carboxylic acids is 1. The van der Waals surface area contributed by atoms with Crippen molar-refractivity contribution in [2.75, 3.05) is 27.2 Å². The molecule has 1 rings (SSSR count). The molecule has 0 fully saturated rings. The van der Waals surface area contributed by atoms with Crippen molar-refractivity contribution >= 4 is 17.2 Å². The minimum absolute atomic E-state index is 0.106. The first-order valence-electron chi connectivity index (χ1n) is 7.60. The van der Waals surface area contributed by atoms with Crippen LogP contribution < -0.4 is 11.1 Å². The third-order valence-electron chi connectivity index (χ3n) is 3.60. The molecule has 0 saturated heterocycles. The fraction of sp³-hybridized carbons (Fsp3) is 0.688. The van der Waals surface area contributed by atoms with Crippen LogP contribution in [-0.4, -0.2) is 38.0 Å². The highest BCUT2D eigenvalue weighted by atomic mass is 32.1. The Kier molecular flexibility index (Phi) is 7.93. The lowest BCUT2D eigenvalue weighted by Crippen LogP contribution is -2.35. The minimum Gasteiger partial charge on any atom is -0.354 e. The third kappa shape index (κ3) is 6.59. The second kappa shape index (κ2) is 9.18. The molecule has 4 nitrogen and oxygen atoms in total. The lowest BCUT2D eigenvalue weighted by atomic mass is 9.94. The van der Waals surface area contributed by atoms with E-state index in [2.05, 4.69) is 35.5 Å². The van der Waals surface area contributed by atoms with Gasteiger partial charge in [-0.15, -0.1) is 11.3 Å². The van der Waals surface area contributed by atoms with Gasteiger partial charge >= 0.3 is 0 Å². The van der Waals surface area contributed by atoms with E-state index < -0.39 is 0 Å². The molecule has 0 radical (unpaired) electrons. The van der Waals surface area contributed by atoms with E-state index in [0.29, 0.717) is 25.4 Å². The zero-order valence-electron chi connectivity index (χ0n) is 13.6. The van der Waals surface area contributed by atoms with Crippen molar-refractivity contribution in [3.63, 3.8) is 0 Å². The number of nitrogens with two attached hydrogens (primary N) is 1. The van der Waals surface area contributed by atoms with Crippen molar-refractivity contribution in [2.24, 2.45) is 17.6 Å². The molecule has 1 aromatic heterocycles. The van der Waals surface area contributed by atoms with E-state index in [0.717, 1.165) is 6.42 Å². The van der Waals surface area contributed by atoms with Gasteiger partial charge in [-0.1, -0.05) is 19.9 Å². The molecule has 0 spiro atoms. The Balaban J connectivity index is 2.46. The average molecular weight is 311 g/mol. The number of hydrogen-bond donors (Lipinski definition) is 2. The number of carbonyl (C=O) groups is 1. The molecule has 2 atom stereocenters. The van der Waals surface area contributed by atoms with Gasteiger partial charge in [0, 0.05) is 17.8 Å². The lowest BCUT2D eigenvalue weighted by Gasteiger charge is -2.24. The highest BCUT2D eigenvalue weighted by Gasteiger charge is 2.18. The molecule has 0 aliphatic rings. The van der Waals surface area contributed by atoms with Crippen LogP contribution in [0.5, 0.6) is 0 Å². The molecule has 1 aromatic rings. The van der Waals surface area contributed by atoms with Gasteiger partial charge < -0.3 is 16.0 Å². The van der Waals surface area contributed by atoms with Gasteiger partial charge in [-0.25, -0.2) is 0 Å². The summed E-state index contributed by atoms with van der Waals surface area (Å²) in [5.41, 5.74) is 5.76. The monoisotopic (exact) mass is 311 g/mol. The first kappa shape index (κ1) is 18.1. The number of amides is 1. The fourth-order valence-electron chi connectivity index (χ4n) is 2.49. The number of nitrogens with one attached hydrogen (secondary N) is 1. The lowest BCUT2D eigenvalue weighted by molar-refractivity contribution is -0.122. The van der Waals surface area contributed by atoms with E-state index in [9.17, 15) is 4.79 Å². The van der Waals surface area contributed by atoms with E-state index in [1.165, 1.54) is 4.88 Å².